The fourth-order valence-electron chi connectivity index (χ4n) is 2.31. The van der Waals surface area contributed by atoms with Crippen molar-refractivity contribution in [2.24, 2.45) is 0 Å². The van der Waals surface area contributed by atoms with E-state index in [2.05, 4.69) is 15.5 Å². The molecule has 3 rings (SSSR count). The number of methoxy groups -OCH3 is 2. The molecule has 0 amide bonds. The molecular formula is C18H19N3O4. The summed E-state index contributed by atoms with van der Waals surface area (Å²) in [6.07, 6.45) is 0. The van der Waals surface area contributed by atoms with Crippen molar-refractivity contribution < 1.29 is 18.6 Å². The Morgan fingerprint density at radius 3 is 2.40 bits per heavy atom. The van der Waals surface area contributed by atoms with Crippen LogP contribution in [0.4, 0.5) is 11.7 Å². The summed E-state index contributed by atoms with van der Waals surface area (Å²) in [7, 11) is 3.18. The second kappa shape index (κ2) is 7.57. The Bertz CT molecular complexity index is 826. The SMILES string of the molecule is CCOc1ccccc1-c1nnc(Nc2cc(OC)cc(OC)c2)o1. The number of benzene rings is 2. The Labute approximate surface area is 145 Å². The van der Waals surface area contributed by atoms with E-state index in [9.17, 15) is 0 Å². The molecule has 25 heavy (non-hydrogen) atoms. The van der Waals surface area contributed by atoms with E-state index in [4.69, 9.17) is 18.6 Å². The van der Waals surface area contributed by atoms with Gasteiger partial charge in [0.05, 0.1) is 26.4 Å². The van der Waals surface area contributed by atoms with Gasteiger partial charge in [-0.05, 0) is 19.1 Å². The summed E-state index contributed by atoms with van der Waals surface area (Å²) < 4.78 is 21.8. The largest absolute Gasteiger partial charge is 0.497 e. The third-order valence-electron chi connectivity index (χ3n) is 3.45. The van der Waals surface area contributed by atoms with Crippen LogP contribution in [0.25, 0.3) is 11.5 Å². The highest BCUT2D eigenvalue weighted by Crippen LogP contribution is 2.31. The number of hydrogen-bond donors (Lipinski definition) is 1. The average Bonchev–Trinajstić information content (AvgIpc) is 3.10. The molecule has 7 heteroatoms. The van der Waals surface area contributed by atoms with Crippen LogP contribution < -0.4 is 19.5 Å². The molecule has 0 saturated heterocycles. The lowest BCUT2D eigenvalue weighted by molar-refractivity contribution is 0.340. The average molecular weight is 341 g/mol. The van der Waals surface area contributed by atoms with Crippen molar-refractivity contribution in [1.29, 1.82) is 0 Å². The Morgan fingerprint density at radius 2 is 1.72 bits per heavy atom. The zero-order valence-corrected chi connectivity index (χ0v) is 14.3. The molecule has 0 atom stereocenters. The summed E-state index contributed by atoms with van der Waals surface area (Å²) in [4.78, 5) is 0. The van der Waals surface area contributed by atoms with Crippen LogP contribution in [0.2, 0.25) is 0 Å². The molecule has 0 fully saturated rings. The molecular weight excluding hydrogens is 322 g/mol. The van der Waals surface area contributed by atoms with E-state index in [-0.39, 0.29) is 6.01 Å². The maximum atomic E-state index is 5.71. The Balaban J connectivity index is 1.85. The highest BCUT2D eigenvalue weighted by atomic mass is 16.5. The molecule has 0 aliphatic rings. The predicted molar refractivity (Wildman–Crippen MR) is 93.7 cm³/mol. The van der Waals surface area contributed by atoms with Crippen LogP contribution in [-0.2, 0) is 0 Å². The second-order valence-corrected chi connectivity index (χ2v) is 5.07. The number of nitrogens with one attached hydrogen (secondary N) is 1. The second-order valence-electron chi connectivity index (χ2n) is 5.07. The monoisotopic (exact) mass is 341 g/mol. The lowest BCUT2D eigenvalue weighted by Crippen LogP contribution is -1.94. The molecule has 0 saturated carbocycles. The Morgan fingerprint density at radius 1 is 1.00 bits per heavy atom. The molecule has 1 heterocycles. The van der Waals surface area contributed by atoms with Gasteiger partial charge < -0.3 is 23.9 Å². The van der Waals surface area contributed by atoms with Crippen LogP contribution in [0.1, 0.15) is 6.92 Å². The van der Waals surface area contributed by atoms with Crippen LogP contribution in [0.5, 0.6) is 17.2 Å². The highest BCUT2D eigenvalue weighted by Gasteiger charge is 2.14. The Kier molecular flexibility index (Phi) is 5.03. The van der Waals surface area contributed by atoms with Crippen molar-refractivity contribution in [2.75, 3.05) is 26.1 Å². The van der Waals surface area contributed by atoms with Gasteiger partial charge in [0.25, 0.3) is 5.89 Å². The first-order valence-corrected chi connectivity index (χ1v) is 7.79. The number of hydrogen-bond acceptors (Lipinski definition) is 7. The maximum absolute atomic E-state index is 5.71. The molecule has 2 aromatic carbocycles. The summed E-state index contributed by atoms with van der Waals surface area (Å²) in [5, 5.41) is 11.2. The van der Waals surface area contributed by atoms with Crippen molar-refractivity contribution in [3.63, 3.8) is 0 Å². The molecule has 0 aliphatic carbocycles. The van der Waals surface area contributed by atoms with Gasteiger partial charge >= 0.3 is 6.01 Å². The van der Waals surface area contributed by atoms with Crippen LogP contribution in [0.15, 0.2) is 46.9 Å². The van der Waals surface area contributed by atoms with Gasteiger partial charge in [0, 0.05) is 23.9 Å². The number of nitrogens with zero attached hydrogens (tertiary/aromatic N) is 2. The van der Waals surface area contributed by atoms with Crippen molar-refractivity contribution in [3.8, 4) is 28.7 Å². The molecule has 0 bridgehead atoms. The molecule has 1 N–H and O–H groups in total. The minimum atomic E-state index is 0.261. The van der Waals surface area contributed by atoms with Crippen molar-refractivity contribution in [3.05, 3.63) is 42.5 Å². The molecule has 0 aliphatic heterocycles. The fourth-order valence-corrected chi connectivity index (χ4v) is 2.31. The number of anilines is 2. The van der Waals surface area contributed by atoms with Crippen molar-refractivity contribution >= 4 is 11.7 Å². The van der Waals surface area contributed by atoms with Gasteiger partial charge in [-0.1, -0.05) is 17.2 Å². The molecule has 3 aromatic rings. The minimum Gasteiger partial charge on any atom is -0.497 e. The van der Waals surface area contributed by atoms with Gasteiger partial charge in [0.15, 0.2) is 0 Å². The van der Waals surface area contributed by atoms with Crippen molar-refractivity contribution in [2.45, 2.75) is 6.92 Å². The predicted octanol–water partition coefficient (Wildman–Crippen LogP) is 3.90. The molecule has 130 valence electrons. The zero-order valence-electron chi connectivity index (χ0n) is 14.3. The van der Waals surface area contributed by atoms with Gasteiger partial charge in [-0.3, -0.25) is 0 Å². The molecule has 0 unspecified atom stereocenters. The standard InChI is InChI=1S/C18H19N3O4/c1-4-24-16-8-6-5-7-15(16)17-20-21-18(25-17)19-12-9-13(22-2)11-14(10-12)23-3/h5-11H,4H2,1-3H3,(H,19,21). The van der Waals surface area contributed by atoms with E-state index in [0.717, 1.165) is 5.56 Å². The number of ether oxygens (including phenoxy) is 3. The van der Waals surface area contributed by atoms with Gasteiger partial charge in [-0.25, -0.2) is 0 Å². The van der Waals surface area contributed by atoms with Gasteiger partial charge in [-0.2, -0.15) is 0 Å². The lowest BCUT2D eigenvalue weighted by atomic mass is 10.2. The van der Waals surface area contributed by atoms with Crippen LogP contribution >= 0.6 is 0 Å². The summed E-state index contributed by atoms with van der Waals surface area (Å²) in [6.45, 7) is 2.48. The smallest absolute Gasteiger partial charge is 0.320 e. The van der Waals surface area contributed by atoms with Crippen LogP contribution in [0.3, 0.4) is 0 Å². The van der Waals surface area contributed by atoms with E-state index < -0.39 is 0 Å². The topological polar surface area (TPSA) is 78.6 Å². The van der Waals surface area contributed by atoms with Gasteiger partial charge in [-0.15, -0.1) is 5.10 Å². The Hall–Kier alpha value is -3.22. The summed E-state index contributed by atoms with van der Waals surface area (Å²) in [6, 6.07) is 13.2. The summed E-state index contributed by atoms with van der Waals surface area (Å²) >= 11 is 0. The van der Waals surface area contributed by atoms with E-state index >= 15 is 0 Å². The van der Waals surface area contributed by atoms with Crippen LogP contribution in [0, 0.1) is 0 Å². The quantitative estimate of drug-likeness (QED) is 0.698. The molecule has 7 nitrogen and oxygen atoms in total. The molecule has 1 aromatic heterocycles. The number of rotatable bonds is 7. The normalized spacial score (nSPS) is 10.4. The van der Waals surface area contributed by atoms with Gasteiger partial charge in [0.1, 0.15) is 17.2 Å². The minimum absolute atomic E-state index is 0.261. The number of para-hydroxylation sites is 1. The lowest BCUT2D eigenvalue weighted by Gasteiger charge is -2.08. The van der Waals surface area contributed by atoms with E-state index in [1.807, 2.05) is 31.2 Å². The molecule has 0 radical (unpaired) electrons. The third kappa shape index (κ3) is 3.82. The molecule has 0 spiro atoms. The van der Waals surface area contributed by atoms with Crippen LogP contribution in [-0.4, -0.2) is 31.0 Å². The first-order chi connectivity index (χ1) is 12.2. The maximum Gasteiger partial charge on any atom is 0.320 e. The van der Waals surface area contributed by atoms with E-state index in [1.165, 1.54) is 0 Å². The van der Waals surface area contributed by atoms with E-state index in [0.29, 0.717) is 35.4 Å². The number of aromatic nitrogens is 2. The highest BCUT2D eigenvalue weighted by molar-refractivity contribution is 5.64. The first kappa shape index (κ1) is 16.6. The van der Waals surface area contributed by atoms with E-state index in [1.54, 1.807) is 32.4 Å². The summed E-state index contributed by atoms with van der Waals surface area (Å²) in [5.41, 5.74) is 1.46. The first-order valence-electron chi connectivity index (χ1n) is 7.79. The fraction of sp³-hybridized carbons (Fsp3) is 0.222. The van der Waals surface area contributed by atoms with Crippen molar-refractivity contribution in [1.82, 2.24) is 10.2 Å². The third-order valence-corrected chi connectivity index (χ3v) is 3.45. The zero-order chi connectivity index (χ0) is 17.6. The summed E-state index contributed by atoms with van der Waals surface area (Å²) in [5.74, 6) is 2.39. The van der Waals surface area contributed by atoms with Gasteiger partial charge in [0.2, 0.25) is 0 Å².